The first-order valence-electron chi connectivity index (χ1n) is 8.22. The van der Waals surface area contributed by atoms with Crippen LogP contribution in [0.1, 0.15) is 19.4 Å². The van der Waals surface area contributed by atoms with Gasteiger partial charge in [-0.05, 0) is 38.0 Å². The largest absolute Gasteiger partial charge is 0.490 e. The molecule has 0 saturated carbocycles. The van der Waals surface area contributed by atoms with Crippen LogP contribution >= 0.6 is 12.4 Å². The van der Waals surface area contributed by atoms with Crippen LogP contribution in [0.4, 0.5) is 0 Å². The third kappa shape index (κ3) is 6.19. The number of hydrogen-bond donors (Lipinski definition) is 2. The molecule has 2 N–H and O–H groups in total. The Kier molecular flexibility index (Phi) is 9.52. The smallest absolute Gasteiger partial charge is 0.239 e. The highest BCUT2D eigenvalue weighted by molar-refractivity contribution is 5.85. The molecule has 0 aromatic heterocycles. The summed E-state index contributed by atoms with van der Waals surface area (Å²) in [7, 11) is 0. The fraction of sp³-hybridized carbons (Fsp3) is 0.588. The lowest BCUT2D eigenvalue weighted by atomic mass is 10.1. The number of morpholine rings is 1. The lowest BCUT2D eigenvalue weighted by Gasteiger charge is -2.22. The molecule has 1 aliphatic rings. The Morgan fingerprint density at radius 3 is 2.71 bits per heavy atom. The van der Waals surface area contributed by atoms with Crippen LogP contribution in [0.15, 0.2) is 18.2 Å². The summed E-state index contributed by atoms with van der Waals surface area (Å²) in [5.41, 5.74) is 1.10. The summed E-state index contributed by atoms with van der Waals surface area (Å²) in [6.07, 6.45) is 0.742. The van der Waals surface area contributed by atoms with Crippen molar-refractivity contribution < 1.29 is 19.0 Å². The van der Waals surface area contributed by atoms with Crippen LogP contribution in [0.25, 0.3) is 0 Å². The fourth-order valence-corrected chi connectivity index (χ4v) is 2.44. The normalized spacial score (nSPS) is 16.8. The second-order valence-corrected chi connectivity index (χ2v) is 5.27. The molecular weight excluding hydrogens is 332 g/mol. The van der Waals surface area contributed by atoms with Gasteiger partial charge in [-0.25, -0.2) is 0 Å². The molecule has 1 heterocycles. The van der Waals surface area contributed by atoms with Gasteiger partial charge in [0, 0.05) is 13.1 Å². The van der Waals surface area contributed by atoms with E-state index in [1.165, 1.54) is 0 Å². The third-order valence-corrected chi connectivity index (χ3v) is 3.56. The molecule has 0 radical (unpaired) electrons. The van der Waals surface area contributed by atoms with Gasteiger partial charge in [0.2, 0.25) is 5.91 Å². The van der Waals surface area contributed by atoms with Gasteiger partial charge in [0.25, 0.3) is 0 Å². The Morgan fingerprint density at radius 2 is 2.04 bits per heavy atom. The molecule has 1 aromatic carbocycles. The van der Waals surface area contributed by atoms with Crippen LogP contribution in [-0.2, 0) is 16.0 Å². The Bertz CT molecular complexity index is 507. The van der Waals surface area contributed by atoms with Crippen molar-refractivity contribution in [3.63, 3.8) is 0 Å². The molecule has 0 bridgehead atoms. The number of nitrogens with one attached hydrogen (secondary N) is 2. The molecule has 1 fully saturated rings. The van der Waals surface area contributed by atoms with Gasteiger partial charge in [-0.1, -0.05) is 6.07 Å². The summed E-state index contributed by atoms with van der Waals surface area (Å²) >= 11 is 0. The molecule has 1 amide bonds. The predicted octanol–water partition coefficient (Wildman–Crippen LogP) is 1.55. The molecule has 1 saturated heterocycles. The van der Waals surface area contributed by atoms with Gasteiger partial charge in [0.05, 0.1) is 26.4 Å². The van der Waals surface area contributed by atoms with Crippen molar-refractivity contribution in [3.8, 4) is 11.5 Å². The van der Waals surface area contributed by atoms with E-state index in [0.29, 0.717) is 39.5 Å². The van der Waals surface area contributed by atoms with E-state index in [2.05, 4.69) is 10.6 Å². The van der Waals surface area contributed by atoms with E-state index in [1.807, 2.05) is 32.0 Å². The Morgan fingerprint density at radius 1 is 1.29 bits per heavy atom. The molecular formula is C17H27ClN2O4. The van der Waals surface area contributed by atoms with Crippen LogP contribution in [0.3, 0.4) is 0 Å². The zero-order valence-electron chi connectivity index (χ0n) is 14.3. The molecule has 7 heteroatoms. The van der Waals surface area contributed by atoms with Gasteiger partial charge in [-0.15, -0.1) is 12.4 Å². The molecule has 136 valence electrons. The average molecular weight is 359 g/mol. The van der Waals surface area contributed by atoms with Crippen molar-refractivity contribution in [2.75, 3.05) is 39.5 Å². The number of rotatable bonds is 8. The van der Waals surface area contributed by atoms with Gasteiger partial charge in [-0.3, -0.25) is 4.79 Å². The second kappa shape index (κ2) is 11.1. The first-order chi connectivity index (χ1) is 11.2. The van der Waals surface area contributed by atoms with E-state index < -0.39 is 0 Å². The third-order valence-electron chi connectivity index (χ3n) is 3.56. The first kappa shape index (κ1) is 20.5. The van der Waals surface area contributed by atoms with Gasteiger partial charge < -0.3 is 24.8 Å². The highest BCUT2D eigenvalue weighted by Gasteiger charge is 2.20. The van der Waals surface area contributed by atoms with Crippen molar-refractivity contribution >= 4 is 18.3 Å². The minimum Gasteiger partial charge on any atom is -0.490 e. The molecule has 0 aliphatic carbocycles. The highest BCUT2D eigenvalue weighted by atomic mass is 35.5. The predicted molar refractivity (Wildman–Crippen MR) is 95.4 cm³/mol. The van der Waals surface area contributed by atoms with Crippen LogP contribution in [0, 0.1) is 0 Å². The van der Waals surface area contributed by atoms with Crippen LogP contribution < -0.4 is 20.1 Å². The lowest BCUT2D eigenvalue weighted by molar-refractivity contribution is -0.125. The number of ether oxygens (including phenoxy) is 3. The second-order valence-electron chi connectivity index (χ2n) is 5.27. The Labute approximate surface area is 149 Å². The number of benzene rings is 1. The van der Waals surface area contributed by atoms with Crippen LogP contribution in [-0.4, -0.2) is 51.5 Å². The first-order valence-corrected chi connectivity index (χ1v) is 8.22. The zero-order valence-corrected chi connectivity index (χ0v) is 15.1. The molecule has 1 unspecified atom stereocenters. The van der Waals surface area contributed by atoms with Gasteiger partial charge >= 0.3 is 0 Å². The standard InChI is InChI=1S/C17H26N2O4.ClH/c1-3-22-15-6-5-13(11-16(15)23-4-2)7-8-19-17(20)14-12-21-10-9-18-14;/h5-6,11,14,18H,3-4,7-10,12H2,1-2H3,(H,19,20);1H. The number of halogens is 1. The van der Waals surface area contributed by atoms with Crippen molar-refractivity contribution in [1.82, 2.24) is 10.6 Å². The van der Waals surface area contributed by atoms with E-state index in [4.69, 9.17) is 14.2 Å². The molecule has 1 aromatic rings. The summed E-state index contributed by atoms with van der Waals surface area (Å²) < 4.78 is 16.5. The molecule has 2 rings (SSSR count). The lowest BCUT2D eigenvalue weighted by Crippen LogP contribution is -2.51. The summed E-state index contributed by atoms with van der Waals surface area (Å²) in [6.45, 7) is 7.48. The topological polar surface area (TPSA) is 68.8 Å². The number of hydrogen-bond acceptors (Lipinski definition) is 5. The Hall–Kier alpha value is -1.50. The quantitative estimate of drug-likeness (QED) is 0.738. The SMILES string of the molecule is CCOc1ccc(CCNC(=O)C2COCCN2)cc1OCC.Cl. The minimum atomic E-state index is -0.247. The molecule has 1 aliphatic heterocycles. The molecule has 0 spiro atoms. The van der Waals surface area contributed by atoms with E-state index in [1.54, 1.807) is 0 Å². The van der Waals surface area contributed by atoms with Crippen molar-refractivity contribution in [2.45, 2.75) is 26.3 Å². The minimum absolute atomic E-state index is 0. The van der Waals surface area contributed by atoms with E-state index in [0.717, 1.165) is 23.5 Å². The Balaban J connectivity index is 0.00000288. The van der Waals surface area contributed by atoms with Crippen molar-refractivity contribution in [1.29, 1.82) is 0 Å². The monoisotopic (exact) mass is 358 g/mol. The van der Waals surface area contributed by atoms with Crippen molar-refractivity contribution in [2.24, 2.45) is 0 Å². The van der Waals surface area contributed by atoms with E-state index in [-0.39, 0.29) is 24.4 Å². The van der Waals surface area contributed by atoms with E-state index >= 15 is 0 Å². The number of carbonyl (C=O) groups excluding carboxylic acids is 1. The maximum Gasteiger partial charge on any atom is 0.239 e. The molecule has 6 nitrogen and oxygen atoms in total. The van der Waals surface area contributed by atoms with Crippen LogP contribution in [0.2, 0.25) is 0 Å². The fourth-order valence-electron chi connectivity index (χ4n) is 2.44. The van der Waals surface area contributed by atoms with Gasteiger partial charge in [-0.2, -0.15) is 0 Å². The van der Waals surface area contributed by atoms with Gasteiger partial charge in [0.15, 0.2) is 11.5 Å². The van der Waals surface area contributed by atoms with E-state index in [9.17, 15) is 4.79 Å². The maximum atomic E-state index is 12.0. The summed E-state index contributed by atoms with van der Waals surface area (Å²) in [4.78, 5) is 12.0. The number of carbonyl (C=O) groups is 1. The highest BCUT2D eigenvalue weighted by Crippen LogP contribution is 2.28. The summed E-state index contributed by atoms with van der Waals surface area (Å²) in [5, 5.41) is 6.08. The summed E-state index contributed by atoms with van der Waals surface area (Å²) in [5.74, 6) is 1.49. The maximum absolute atomic E-state index is 12.0. The van der Waals surface area contributed by atoms with Gasteiger partial charge in [0.1, 0.15) is 6.04 Å². The van der Waals surface area contributed by atoms with Crippen molar-refractivity contribution in [3.05, 3.63) is 23.8 Å². The summed E-state index contributed by atoms with van der Waals surface area (Å²) in [6, 6.07) is 5.65. The number of amides is 1. The molecule has 24 heavy (non-hydrogen) atoms. The molecule has 1 atom stereocenters. The average Bonchev–Trinajstić information content (AvgIpc) is 2.58. The zero-order chi connectivity index (χ0) is 16.5. The van der Waals surface area contributed by atoms with Crippen LogP contribution in [0.5, 0.6) is 11.5 Å².